The molecule has 0 unspecified atom stereocenters. The third kappa shape index (κ3) is 4.20. The fourth-order valence-electron chi connectivity index (χ4n) is 2.90. The Morgan fingerprint density at radius 3 is 2.36 bits per heavy atom. The van der Waals surface area contributed by atoms with Crippen LogP contribution in [0.15, 0.2) is 18.2 Å². The van der Waals surface area contributed by atoms with Gasteiger partial charge < -0.3 is 5.32 Å². The topological polar surface area (TPSA) is 15.3 Å². The first-order valence-electron chi connectivity index (χ1n) is 7.60. The zero-order valence-corrected chi connectivity index (χ0v) is 12.9. The van der Waals surface area contributed by atoms with Crippen LogP contribution in [0.2, 0.25) is 0 Å². The molecule has 124 valence electrons. The number of benzene rings is 1. The van der Waals surface area contributed by atoms with Crippen molar-refractivity contribution in [1.29, 1.82) is 0 Å². The lowest BCUT2D eigenvalue weighted by atomic mass is 9.93. The normalized spacial score (nSPS) is 18.7. The summed E-state index contributed by atoms with van der Waals surface area (Å²) in [7, 11) is 0. The zero-order chi connectivity index (χ0) is 16.3. The standard InChI is InChI=1S/C16H22F4N2/c1-11(2)9-15(22-7-5-21-6-8-22)12-3-4-14(17)13(10-12)16(18,19)20/h3-4,10-11,15,21H,5-9H2,1-2H3/t15-/m1/s1. The smallest absolute Gasteiger partial charge is 0.314 e. The molecule has 0 bridgehead atoms. The average molecular weight is 318 g/mol. The van der Waals surface area contributed by atoms with Gasteiger partial charge in [-0.05, 0) is 30.0 Å². The van der Waals surface area contributed by atoms with Gasteiger partial charge in [-0.25, -0.2) is 4.39 Å². The zero-order valence-electron chi connectivity index (χ0n) is 12.9. The Labute approximate surface area is 128 Å². The summed E-state index contributed by atoms with van der Waals surface area (Å²) in [5.74, 6) is -0.862. The van der Waals surface area contributed by atoms with Crippen molar-refractivity contribution in [2.24, 2.45) is 5.92 Å². The highest BCUT2D eigenvalue weighted by atomic mass is 19.4. The Morgan fingerprint density at radius 2 is 1.82 bits per heavy atom. The van der Waals surface area contributed by atoms with Crippen LogP contribution < -0.4 is 5.32 Å². The number of hydrogen-bond donors (Lipinski definition) is 1. The molecule has 0 saturated carbocycles. The molecule has 1 saturated heterocycles. The minimum Gasteiger partial charge on any atom is -0.314 e. The monoisotopic (exact) mass is 318 g/mol. The molecule has 1 atom stereocenters. The molecule has 1 aromatic carbocycles. The van der Waals surface area contributed by atoms with Crippen LogP contribution in [0, 0.1) is 11.7 Å². The molecule has 0 spiro atoms. The van der Waals surface area contributed by atoms with Gasteiger partial charge in [0.1, 0.15) is 5.82 Å². The number of alkyl halides is 3. The van der Waals surface area contributed by atoms with Crippen molar-refractivity contribution in [2.75, 3.05) is 26.2 Å². The first-order valence-corrected chi connectivity index (χ1v) is 7.60. The quantitative estimate of drug-likeness (QED) is 0.849. The van der Waals surface area contributed by atoms with Gasteiger partial charge in [-0.3, -0.25) is 4.90 Å². The van der Waals surface area contributed by atoms with Crippen LogP contribution in [0.4, 0.5) is 17.6 Å². The predicted molar refractivity (Wildman–Crippen MR) is 78.0 cm³/mol. The van der Waals surface area contributed by atoms with E-state index in [2.05, 4.69) is 10.2 Å². The van der Waals surface area contributed by atoms with Crippen LogP contribution in [0.25, 0.3) is 0 Å². The van der Waals surface area contributed by atoms with Gasteiger partial charge in [-0.2, -0.15) is 13.2 Å². The molecule has 1 heterocycles. The lowest BCUT2D eigenvalue weighted by molar-refractivity contribution is -0.140. The second-order valence-electron chi connectivity index (χ2n) is 6.17. The Kier molecular flexibility index (Phi) is 5.45. The van der Waals surface area contributed by atoms with E-state index in [-0.39, 0.29) is 6.04 Å². The van der Waals surface area contributed by atoms with Crippen molar-refractivity contribution < 1.29 is 17.6 Å². The van der Waals surface area contributed by atoms with Crippen LogP contribution in [-0.2, 0) is 6.18 Å². The van der Waals surface area contributed by atoms with Gasteiger partial charge in [0, 0.05) is 32.2 Å². The van der Waals surface area contributed by atoms with Crippen LogP contribution in [0.1, 0.15) is 37.4 Å². The van der Waals surface area contributed by atoms with E-state index in [0.717, 1.165) is 44.7 Å². The summed E-state index contributed by atoms with van der Waals surface area (Å²) in [6.45, 7) is 7.31. The van der Waals surface area contributed by atoms with E-state index in [0.29, 0.717) is 11.5 Å². The van der Waals surface area contributed by atoms with Crippen LogP contribution in [0.5, 0.6) is 0 Å². The Bertz CT molecular complexity index is 493. The maximum atomic E-state index is 13.5. The summed E-state index contributed by atoms with van der Waals surface area (Å²) in [5.41, 5.74) is -0.627. The fraction of sp³-hybridized carbons (Fsp3) is 0.625. The SMILES string of the molecule is CC(C)C[C@H](c1ccc(F)c(C(F)(F)F)c1)N1CCNCC1. The Balaban J connectivity index is 2.34. The average Bonchev–Trinajstić information content (AvgIpc) is 2.45. The summed E-state index contributed by atoms with van der Waals surface area (Å²) in [6.07, 6.45) is -3.91. The molecular weight excluding hydrogens is 296 g/mol. The van der Waals surface area contributed by atoms with Gasteiger partial charge in [0.15, 0.2) is 0 Å². The van der Waals surface area contributed by atoms with Crippen molar-refractivity contribution in [3.8, 4) is 0 Å². The summed E-state index contributed by atoms with van der Waals surface area (Å²) < 4.78 is 52.3. The number of halogens is 4. The van der Waals surface area contributed by atoms with Crippen LogP contribution in [0.3, 0.4) is 0 Å². The Morgan fingerprint density at radius 1 is 1.18 bits per heavy atom. The second-order valence-corrected chi connectivity index (χ2v) is 6.17. The van der Waals surface area contributed by atoms with E-state index in [1.807, 2.05) is 13.8 Å². The summed E-state index contributed by atoms with van der Waals surface area (Å²) in [4.78, 5) is 2.18. The summed E-state index contributed by atoms with van der Waals surface area (Å²) in [5, 5.41) is 3.24. The van der Waals surface area contributed by atoms with E-state index in [9.17, 15) is 17.6 Å². The highest BCUT2D eigenvalue weighted by molar-refractivity contribution is 5.29. The van der Waals surface area contributed by atoms with Gasteiger partial charge >= 0.3 is 6.18 Å². The lowest BCUT2D eigenvalue weighted by Gasteiger charge is -2.36. The second kappa shape index (κ2) is 6.96. The predicted octanol–water partition coefficient (Wildman–Crippen LogP) is 3.84. The molecule has 1 aliphatic rings. The van der Waals surface area contributed by atoms with E-state index >= 15 is 0 Å². The highest BCUT2D eigenvalue weighted by Gasteiger charge is 2.35. The van der Waals surface area contributed by atoms with Crippen molar-refractivity contribution in [3.05, 3.63) is 35.1 Å². The van der Waals surface area contributed by atoms with Crippen molar-refractivity contribution >= 4 is 0 Å². The largest absolute Gasteiger partial charge is 0.419 e. The molecule has 0 aliphatic carbocycles. The van der Waals surface area contributed by atoms with Gasteiger partial charge in [0.25, 0.3) is 0 Å². The van der Waals surface area contributed by atoms with Gasteiger partial charge in [-0.15, -0.1) is 0 Å². The van der Waals surface area contributed by atoms with Gasteiger partial charge in [-0.1, -0.05) is 19.9 Å². The highest BCUT2D eigenvalue weighted by Crippen LogP contribution is 2.35. The maximum absolute atomic E-state index is 13.5. The van der Waals surface area contributed by atoms with E-state index in [1.165, 1.54) is 6.07 Å². The Hall–Kier alpha value is -1.14. The molecule has 1 N–H and O–H groups in total. The molecule has 6 heteroatoms. The van der Waals surface area contributed by atoms with Crippen molar-refractivity contribution in [1.82, 2.24) is 10.2 Å². The number of nitrogens with one attached hydrogen (secondary N) is 1. The number of hydrogen-bond acceptors (Lipinski definition) is 2. The molecule has 2 rings (SSSR count). The van der Waals surface area contributed by atoms with Gasteiger partial charge in [0.05, 0.1) is 5.56 Å². The molecule has 2 nitrogen and oxygen atoms in total. The molecular formula is C16H22F4N2. The minimum atomic E-state index is -4.66. The first kappa shape index (κ1) is 17.2. The van der Waals surface area contributed by atoms with E-state index in [4.69, 9.17) is 0 Å². The number of piperazine rings is 1. The molecule has 0 aromatic heterocycles. The molecule has 22 heavy (non-hydrogen) atoms. The van der Waals surface area contributed by atoms with Crippen molar-refractivity contribution in [2.45, 2.75) is 32.5 Å². The molecule has 1 aliphatic heterocycles. The fourth-order valence-corrected chi connectivity index (χ4v) is 2.90. The van der Waals surface area contributed by atoms with Crippen LogP contribution in [-0.4, -0.2) is 31.1 Å². The first-order chi connectivity index (χ1) is 10.3. The maximum Gasteiger partial charge on any atom is 0.419 e. The summed E-state index contributed by atoms with van der Waals surface area (Å²) >= 11 is 0. The van der Waals surface area contributed by atoms with E-state index in [1.54, 1.807) is 0 Å². The molecule has 0 amide bonds. The lowest BCUT2D eigenvalue weighted by Crippen LogP contribution is -2.45. The summed E-state index contributed by atoms with van der Waals surface area (Å²) in [6, 6.07) is 3.29. The van der Waals surface area contributed by atoms with Crippen LogP contribution >= 0.6 is 0 Å². The number of rotatable bonds is 4. The van der Waals surface area contributed by atoms with Gasteiger partial charge in [0.2, 0.25) is 0 Å². The molecule has 1 fully saturated rings. The minimum absolute atomic E-state index is 0.108. The molecule has 1 aromatic rings. The third-order valence-electron chi connectivity index (χ3n) is 3.97. The molecule has 0 radical (unpaired) electrons. The van der Waals surface area contributed by atoms with Crippen molar-refractivity contribution in [3.63, 3.8) is 0 Å². The van der Waals surface area contributed by atoms with E-state index < -0.39 is 17.6 Å². The third-order valence-corrected chi connectivity index (χ3v) is 3.97. The number of nitrogens with zero attached hydrogens (tertiary/aromatic N) is 1.